The number of unbranched alkanes of at least 4 members (excludes halogenated alkanes) is 6. The Hall–Kier alpha value is -2.84. The largest absolute Gasteiger partial charge is 2.00 e. The maximum absolute atomic E-state index is 12.2. The average molecular weight is 739 g/mol. The quantitative estimate of drug-likeness (QED) is 0.0657. The van der Waals surface area contributed by atoms with Gasteiger partial charge in [-0.3, -0.25) is 4.55 Å². The number of phenols is 1. The SMILES string of the molecule is CCCCCCc1cc(S(=O)(=O)O)c(Oc2ccccc2)cc1O.CCCCCCc1cc(S(=O)(=O)[O-])c(Oc2ccccc2)cc1[O-].[Ca+2]. The standard InChI is InChI=1S/2C18H22O5S.Ca/c2*1-2-3-4-6-9-14-12-18(24(20,21)22)17(13-16(14)19)23-15-10-7-5-8-11-15;/h2*5,7-8,10-13,19H,2-4,6,9H2,1H3,(H,20,21,22);/q;;+2/p-2. The smallest absolute Gasteiger partial charge is 0.872 e. The minimum atomic E-state index is -4.74. The Balaban J connectivity index is 0.000000333. The maximum atomic E-state index is 12.2. The Morgan fingerprint density at radius 1 is 0.633 bits per heavy atom. The zero-order chi connectivity index (χ0) is 35.2. The van der Waals surface area contributed by atoms with Crippen LogP contribution in [-0.4, -0.2) is 68.8 Å². The van der Waals surface area contributed by atoms with Crippen LogP contribution in [0.1, 0.15) is 76.3 Å². The molecular weight excluding hydrogens is 697 g/mol. The number of aromatic hydroxyl groups is 1. The van der Waals surface area contributed by atoms with Crippen molar-refractivity contribution in [2.75, 3.05) is 0 Å². The summed E-state index contributed by atoms with van der Waals surface area (Å²) in [4.78, 5) is -0.828. The molecule has 0 radical (unpaired) electrons. The van der Waals surface area contributed by atoms with Crippen LogP contribution in [0.15, 0.2) is 94.7 Å². The zero-order valence-corrected chi connectivity index (χ0v) is 31.7. The fourth-order valence-corrected chi connectivity index (χ4v) is 6.12. The number of para-hydroxylation sites is 2. The Morgan fingerprint density at radius 2 is 1.08 bits per heavy atom. The van der Waals surface area contributed by atoms with E-state index >= 15 is 0 Å². The molecule has 4 rings (SSSR count). The zero-order valence-electron chi connectivity index (χ0n) is 27.8. The molecule has 4 aromatic rings. The summed E-state index contributed by atoms with van der Waals surface area (Å²) < 4.78 is 78.4. The van der Waals surface area contributed by atoms with E-state index in [1.54, 1.807) is 60.7 Å². The van der Waals surface area contributed by atoms with Crippen LogP contribution in [0.25, 0.3) is 0 Å². The second-order valence-electron chi connectivity index (χ2n) is 11.2. The van der Waals surface area contributed by atoms with Crippen LogP contribution in [-0.2, 0) is 33.1 Å². The van der Waals surface area contributed by atoms with Gasteiger partial charge in [0, 0.05) is 6.07 Å². The van der Waals surface area contributed by atoms with Crippen LogP contribution in [0.2, 0.25) is 0 Å². The molecule has 4 aromatic carbocycles. The van der Waals surface area contributed by atoms with E-state index in [0.29, 0.717) is 35.5 Å². The van der Waals surface area contributed by atoms with Crippen molar-refractivity contribution in [2.24, 2.45) is 0 Å². The summed E-state index contributed by atoms with van der Waals surface area (Å²) in [5, 5.41) is 22.4. The molecular formula is C36H42CaO10S2. The molecule has 10 nitrogen and oxygen atoms in total. The van der Waals surface area contributed by atoms with E-state index in [4.69, 9.17) is 9.47 Å². The molecule has 13 heteroatoms. The van der Waals surface area contributed by atoms with Gasteiger partial charge < -0.3 is 24.2 Å². The van der Waals surface area contributed by atoms with E-state index in [1.807, 2.05) is 0 Å². The van der Waals surface area contributed by atoms with E-state index in [9.17, 15) is 36.2 Å². The van der Waals surface area contributed by atoms with Crippen LogP contribution in [0.4, 0.5) is 0 Å². The number of ether oxygens (including phenoxy) is 2. The molecule has 260 valence electrons. The molecule has 0 aromatic heterocycles. The minimum absolute atomic E-state index is 0. The summed E-state index contributed by atoms with van der Waals surface area (Å²) in [5.74, 6) is 0.0988. The van der Waals surface area contributed by atoms with E-state index in [2.05, 4.69) is 13.8 Å². The van der Waals surface area contributed by atoms with Crippen LogP contribution in [0, 0.1) is 0 Å². The topological polar surface area (TPSA) is 173 Å². The number of aryl methyl sites for hydroxylation is 2. The van der Waals surface area contributed by atoms with Gasteiger partial charge in [0.15, 0.2) is 5.75 Å². The monoisotopic (exact) mass is 738 g/mol. The van der Waals surface area contributed by atoms with Crippen LogP contribution < -0.4 is 14.6 Å². The number of rotatable bonds is 16. The van der Waals surface area contributed by atoms with E-state index < -0.39 is 25.1 Å². The fourth-order valence-electron chi connectivity index (χ4n) is 4.84. The van der Waals surface area contributed by atoms with Crippen molar-refractivity contribution in [1.29, 1.82) is 0 Å². The molecule has 0 spiro atoms. The van der Waals surface area contributed by atoms with Crippen molar-refractivity contribution in [1.82, 2.24) is 0 Å². The van der Waals surface area contributed by atoms with Crippen LogP contribution in [0.5, 0.6) is 34.5 Å². The molecule has 0 saturated carbocycles. The second-order valence-corrected chi connectivity index (χ2v) is 14.0. The first-order valence-corrected chi connectivity index (χ1v) is 18.8. The third-order valence-corrected chi connectivity index (χ3v) is 9.09. The van der Waals surface area contributed by atoms with Gasteiger partial charge in [0.2, 0.25) is 0 Å². The van der Waals surface area contributed by atoms with E-state index in [0.717, 1.165) is 63.5 Å². The van der Waals surface area contributed by atoms with Gasteiger partial charge in [-0.25, -0.2) is 8.42 Å². The van der Waals surface area contributed by atoms with Crippen molar-refractivity contribution < 1.29 is 45.6 Å². The van der Waals surface area contributed by atoms with Gasteiger partial charge in [-0.2, -0.15) is 8.42 Å². The Kier molecular flexibility index (Phi) is 17.9. The molecule has 0 bridgehead atoms. The molecule has 0 aliphatic carbocycles. The summed E-state index contributed by atoms with van der Waals surface area (Å²) in [6, 6.07) is 21.8. The molecule has 0 aliphatic rings. The van der Waals surface area contributed by atoms with Gasteiger partial charge in [-0.05, 0) is 73.7 Å². The first-order chi connectivity index (χ1) is 22.8. The first-order valence-electron chi connectivity index (χ1n) is 15.9. The molecule has 0 saturated heterocycles. The van der Waals surface area contributed by atoms with Crippen molar-refractivity contribution in [2.45, 2.75) is 87.8 Å². The van der Waals surface area contributed by atoms with Crippen molar-refractivity contribution in [3.05, 3.63) is 96.1 Å². The van der Waals surface area contributed by atoms with Crippen molar-refractivity contribution in [3.8, 4) is 34.5 Å². The Morgan fingerprint density at radius 3 is 1.53 bits per heavy atom. The number of hydrogen-bond donors (Lipinski definition) is 2. The summed E-state index contributed by atoms with van der Waals surface area (Å²) in [5.41, 5.74) is 0.820. The summed E-state index contributed by atoms with van der Waals surface area (Å²) in [7, 11) is -9.21. The van der Waals surface area contributed by atoms with Gasteiger partial charge in [-0.15, -0.1) is 5.75 Å². The fraction of sp³-hybridized carbons (Fsp3) is 0.333. The summed E-state index contributed by atoms with van der Waals surface area (Å²) in [6.45, 7) is 4.18. The van der Waals surface area contributed by atoms with Gasteiger partial charge in [-0.1, -0.05) is 94.3 Å². The molecule has 0 aliphatic heterocycles. The van der Waals surface area contributed by atoms with Crippen molar-refractivity contribution >= 4 is 58.0 Å². The number of benzene rings is 4. The van der Waals surface area contributed by atoms with E-state index in [1.165, 1.54) is 12.1 Å². The number of phenolic OH excluding ortho intramolecular Hbond substituents is 1. The molecule has 2 N–H and O–H groups in total. The molecule has 0 fully saturated rings. The molecule has 0 atom stereocenters. The normalized spacial score (nSPS) is 11.2. The third kappa shape index (κ3) is 14.1. The molecule has 49 heavy (non-hydrogen) atoms. The maximum Gasteiger partial charge on any atom is 2.00 e. The van der Waals surface area contributed by atoms with E-state index in [-0.39, 0.29) is 65.6 Å². The minimum Gasteiger partial charge on any atom is -0.872 e. The van der Waals surface area contributed by atoms with Crippen molar-refractivity contribution in [3.63, 3.8) is 0 Å². The molecule has 0 heterocycles. The molecule has 0 unspecified atom stereocenters. The predicted octanol–water partition coefficient (Wildman–Crippen LogP) is 7.75. The van der Waals surface area contributed by atoms with Gasteiger partial charge in [0.05, 0.1) is 4.90 Å². The predicted molar refractivity (Wildman–Crippen MR) is 186 cm³/mol. The molecule has 0 amide bonds. The van der Waals surface area contributed by atoms with Gasteiger partial charge in [0.1, 0.15) is 38.0 Å². The summed E-state index contributed by atoms with van der Waals surface area (Å²) in [6.07, 6.45) is 8.85. The van der Waals surface area contributed by atoms with Gasteiger partial charge in [0.25, 0.3) is 10.1 Å². The van der Waals surface area contributed by atoms with Gasteiger partial charge >= 0.3 is 37.7 Å². The third-order valence-electron chi connectivity index (χ3n) is 7.36. The number of hydrogen-bond acceptors (Lipinski definition) is 9. The van der Waals surface area contributed by atoms with Crippen LogP contribution >= 0.6 is 0 Å². The average Bonchev–Trinajstić information content (AvgIpc) is 3.03. The second kappa shape index (κ2) is 20.7. The Bertz CT molecular complexity index is 1680. The summed E-state index contributed by atoms with van der Waals surface area (Å²) >= 11 is 0. The Labute approximate surface area is 319 Å². The first kappa shape index (κ1) is 42.3. The van der Waals surface area contributed by atoms with Crippen LogP contribution in [0.3, 0.4) is 0 Å².